The third-order valence-corrected chi connectivity index (χ3v) is 3.74. The molecule has 8 heteroatoms. The zero-order chi connectivity index (χ0) is 15.6. The highest BCUT2D eigenvalue weighted by Gasteiger charge is 2.27. The summed E-state index contributed by atoms with van der Waals surface area (Å²) in [4.78, 5) is 9.94. The van der Waals surface area contributed by atoms with E-state index in [0.717, 1.165) is 12.3 Å². The first kappa shape index (κ1) is 14.8. The fraction of sp³-hybridized carbons (Fsp3) is 0.0769. The lowest BCUT2D eigenvalue weighted by Gasteiger charge is -2.08. The molecule has 0 radical (unpaired) electrons. The summed E-state index contributed by atoms with van der Waals surface area (Å²) in [5, 5.41) is 20.3. The molecule has 0 aliphatic rings. The number of nitro groups is 1. The van der Waals surface area contributed by atoms with Crippen molar-refractivity contribution in [3.05, 3.63) is 52.6 Å². The second kappa shape index (κ2) is 5.41. The number of hydrogen-bond acceptors (Lipinski definition) is 6. The molecule has 0 heterocycles. The number of nitrogens with zero attached hydrogens (tertiary/aromatic N) is 1. The van der Waals surface area contributed by atoms with Crippen molar-refractivity contribution in [3.63, 3.8) is 0 Å². The fourth-order valence-electron chi connectivity index (χ4n) is 1.70. The minimum atomic E-state index is -3.76. The molecule has 0 aliphatic heterocycles. The molecule has 1 N–H and O–H groups in total. The zero-order valence-corrected chi connectivity index (χ0v) is 11.7. The Morgan fingerprint density at radius 3 is 2.29 bits per heavy atom. The molecule has 2 rings (SSSR count). The second-order valence-corrected chi connectivity index (χ2v) is 6.21. The van der Waals surface area contributed by atoms with E-state index in [1.807, 2.05) is 0 Å². The van der Waals surface area contributed by atoms with Crippen molar-refractivity contribution in [1.82, 2.24) is 0 Å². The number of aromatic hydroxyl groups is 1. The first-order valence-electron chi connectivity index (χ1n) is 5.73. The summed E-state index contributed by atoms with van der Waals surface area (Å²) < 4.78 is 28.6. The summed E-state index contributed by atoms with van der Waals surface area (Å²) in [6, 6.07) is 9.33. The van der Waals surface area contributed by atoms with E-state index < -0.39 is 25.3 Å². The Morgan fingerprint density at radius 1 is 1.14 bits per heavy atom. The minimum Gasteiger partial charge on any atom is -0.508 e. The Kier molecular flexibility index (Phi) is 3.81. The van der Waals surface area contributed by atoms with Gasteiger partial charge >= 0.3 is 5.69 Å². The summed E-state index contributed by atoms with van der Waals surface area (Å²) in [5.74, 6) is 0.0666. The fourth-order valence-corrected chi connectivity index (χ4v) is 2.56. The molecule has 21 heavy (non-hydrogen) atoms. The number of para-hydroxylation sites is 1. The van der Waals surface area contributed by atoms with Crippen molar-refractivity contribution in [2.75, 3.05) is 6.26 Å². The van der Waals surface area contributed by atoms with Gasteiger partial charge in [0.25, 0.3) is 0 Å². The average Bonchev–Trinajstić information content (AvgIpc) is 2.40. The molecule has 0 unspecified atom stereocenters. The maximum absolute atomic E-state index is 11.6. The number of rotatable bonds is 4. The summed E-state index contributed by atoms with van der Waals surface area (Å²) in [5.41, 5.74) is -0.618. The van der Waals surface area contributed by atoms with Crippen molar-refractivity contribution >= 4 is 15.5 Å². The van der Waals surface area contributed by atoms with Crippen LogP contribution in [0.1, 0.15) is 0 Å². The number of ether oxygens (including phenoxy) is 1. The maximum Gasteiger partial charge on any atom is 0.330 e. The number of phenolic OH excluding ortho intramolecular Hbond substituents is 1. The van der Waals surface area contributed by atoms with E-state index in [4.69, 9.17) is 4.74 Å². The molecule has 0 aliphatic carbocycles. The summed E-state index contributed by atoms with van der Waals surface area (Å²) in [6.45, 7) is 0. The van der Waals surface area contributed by atoms with Gasteiger partial charge < -0.3 is 9.84 Å². The Morgan fingerprint density at radius 2 is 1.76 bits per heavy atom. The van der Waals surface area contributed by atoms with Gasteiger partial charge in [-0.15, -0.1) is 0 Å². The number of sulfone groups is 1. The number of nitro benzene ring substituents is 1. The van der Waals surface area contributed by atoms with Crippen LogP contribution in [-0.2, 0) is 9.84 Å². The minimum absolute atomic E-state index is 0.0155. The van der Waals surface area contributed by atoms with E-state index in [-0.39, 0.29) is 17.2 Å². The van der Waals surface area contributed by atoms with Gasteiger partial charge in [-0.3, -0.25) is 10.1 Å². The van der Waals surface area contributed by atoms with Gasteiger partial charge in [-0.1, -0.05) is 6.07 Å². The molecule has 0 saturated heterocycles. The molecule has 2 aromatic carbocycles. The van der Waals surface area contributed by atoms with Crippen LogP contribution in [0, 0.1) is 10.1 Å². The smallest absolute Gasteiger partial charge is 0.330 e. The molecule has 0 aromatic heterocycles. The molecule has 2 aromatic rings. The third-order valence-electron chi connectivity index (χ3n) is 2.61. The van der Waals surface area contributed by atoms with E-state index in [2.05, 4.69) is 0 Å². The van der Waals surface area contributed by atoms with Crippen LogP contribution in [0.25, 0.3) is 0 Å². The molecule has 0 amide bonds. The topological polar surface area (TPSA) is 107 Å². The largest absolute Gasteiger partial charge is 0.508 e. The highest BCUT2D eigenvalue weighted by molar-refractivity contribution is 7.90. The predicted octanol–water partition coefficient (Wildman–Crippen LogP) is 2.50. The van der Waals surface area contributed by atoms with Gasteiger partial charge in [0, 0.05) is 6.26 Å². The summed E-state index contributed by atoms with van der Waals surface area (Å²) >= 11 is 0. The van der Waals surface area contributed by atoms with Crippen LogP contribution in [0.15, 0.2) is 47.4 Å². The van der Waals surface area contributed by atoms with Crippen molar-refractivity contribution in [3.8, 4) is 17.2 Å². The molecule has 0 saturated carbocycles. The molecule has 0 fully saturated rings. The molecule has 0 spiro atoms. The number of benzene rings is 2. The van der Waals surface area contributed by atoms with Gasteiger partial charge in [-0.2, -0.15) is 0 Å². The summed E-state index contributed by atoms with van der Waals surface area (Å²) in [7, 11) is -3.76. The quantitative estimate of drug-likeness (QED) is 0.687. The molecular formula is C13H11NO6S. The van der Waals surface area contributed by atoms with Gasteiger partial charge in [0.2, 0.25) is 5.75 Å². The van der Waals surface area contributed by atoms with Gasteiger partial charge in [0.15, 0.2) is 9.84 Å². The maximum atomic E-state index is 11.6. The SMILES string of the molecule is CS(=O)(=O)c1cccc(Oc2ccc(O)cc2)c1[N+](=O)[O-]. The molecule has 7 nitrogen and oxygen atoms in total. The lowest BCUT2D eigenvalue weighted by molar-refractivity contribution is -0.388. The zero-order valence-electron chi connectivity index (χ0n) is 10.9. The molecule has 110 valence electrons. The summed E-state index contributed by atoms with van der Waals surface area (Å²) in [6.07, 6.45) is 0.889. The molecule has 0 bridgehead atoms. The standard InChI is InChI=1S/C13H11NO6S/c1-21(18,19)12-4-2-3-11(13(12)14(16)17)20-10-7-5-9(15)6-8-10/h2-8,15H,1H3. The van der Waals surface area contributed by atoms with Crippen LogP contribution in [0.2, 0.25) is 0 Å². The van der Waals surface area contributed by atoms with Crippen LogP contribution in [-0.4, -0.2) is 24.7 Å². The van der Waals surface area contributed by atoms with Crippen LogP contribution < -0.4 is 4.74 Å². The average molecular weight is 309 g/mol. The van der Waals surface area contributed by atoms with Crippen molar-refractivity contribution < 1.29 is 23.2 Å². The second-order valence-electron chi connectivity index (χ2n) is 4.23. The van der Waals surface area contributed by atoms with Crippen LogP contribution >= 0.6 is 0 Å². The normalized spacial score (nSPS) is 11.1. The lowest BCUT2D eigenvalue weighted by atomic mass is 10.3. The van der Waals surface area contributed by atoms with Crippen LogP contribution in [0.4, 0.5) is 5.69 Å². The Labute approximate surface area is 120 Å². The highest BCUT2D eigenvalue weighted by Crippen LogP contribution is 2.36. The third kappa shape index (κ3) is 3.29. The van der Waals surface area contributed by atoms with E-state index in [0.29, 0.717) is 0 Å². The van der Waals surface area contributed by atoms with Gasteiger partial charge in [0.05, 0.1) is 4.92 Å². The highest BCUT2D eigenvalue weighted by atomic mass is 32.2. The van der Waals surface area contributed by atoms with E-state index in [1.54, 1.807) is 0 Å². The number of hydrogen-bond donors (Lipinski definition) is 1. The van der Waals surface area contributed by atoms with Crippen molar-refractivity contribution in [2.45, 2.75) is 4.90 Å². The predicted molar refractivity (Wildman–Crippen MR) is 74.4 cm³/mol. The Hall–Kier alpha value is -2.61. The first-order chi connectivity index (χ1) is 9.79. The monoisotopic (exact) mass is 309 g/mol. The van der Waals surface area contributed by atoms with E-state index in [1.165, 1.54) is 36.4 Å². The first-order valence-corrected chi connectivity index (χ1v) is 7.62. The van der Waals surface area contributed by atoms with Crippen molar-refractivity contribution in [2.24, 2.45) is 0 Å². The number of phenols is 1. The Bertz CT molecular complexity index is 783. The van der Waals surface area contributed by atoms with Crippen LogP contribution in [0.3, 0.4) is 0 Å². The lowest BCUT2D eigenvalue weighted by Crippen LogP contribution is -2.04. The van der Waals surface area contributed by atoms with Crippen LogP contribution in [0.5, 0.6) is 17.2 Å². The molecule has 0 atom stereocenters. The van der Waals surface area contributed by atoms with Gasteiger partial charge in [0.1, 0.15) is 16.4 Å². The van der Waals surface area contributed by atoms with E-state index in [9.17, 15) is 23.6 Å². The Balaban J connectivity index is 2.54. The van der Waals surface area contributed by atoms with Gasteiger partial charge in [-0.25, -0.2) is 8.42 Å². The van der Waals surface area contributed by atoms with Crippen molar-refractivity contribution in [1.29, 1.82) is 0 Å². The van der Waals surface area contributed by atoms with E-state index >= 15 is 0 Å². The van der Waals surface area contributed by atoms with Gasteiger partial charge in [-0.05, 0) is 36.4 Å². The molecular weight excluding hydrogens is 298 g/mol.